The van der Waals surface area contributed by atoms with Gasteiger partial charge in [0.15, 0.2) is 0 Å². The quantitative estimate of drug-likeness (QED) is 0.148. The third-order valence-electron chi connectivity index (χ3n) is 4.61. The maximum Gasteiger partial charge on any atom is 0.144 e. The monoisotopic (exact) mass is 388 g/mol. The summed E-state index contributed by atoms with van der Waals surface area (Å²) in [5.74, 6) is 0. The average Bonchev–Trinajstić information content (AvgIpc) is 2.67. The molecule has 0 radical (unpaired) electrons. The van der Waals surface area contributed by atoms with Gasteiger partial charge in [-0.2, -0.15) is 0 Å². The predicted molar refractivity (Wildman–Crippen MR) is 88.2 cm³/mol. The summed E-state index contributed by atoms with van der Waals surface area (Å²) in [6.45, 7) is -3.19. The second kappa shape index (κ2) is 10.1. The van der Waals surface area contributed by atoms with E-state index < -0.39 is 80.1 Å². The summed E-state index contributed by atoms with van der Waals surface area (Å²) in [4.78, 5) is 0. The molecule has 0 heterocycles. The first-order valence-corrected chi connectivity index (χ1v) is 7.89. The lowest BCUT2D eigenvalue weighted by molar-refractivity contribution is -0.259. The zero-order valence-electron chi connectivity index (χ0n) is 14.2. The van der Waals surface area contributed by atoms with Gasteiger partial charge in [0.05, 0.1) is 24.9 Å². The molecular formula is C13H32N4O9. The Hall–Kier alpha value is -0.520. The molecular weight excluding hydrogens is 356 g/mol. The lowest BCUT2D eigenvalue weighted by Crippen LogP contribution is -2.82. The lowest BCUT2D eigenvalue weighted by Gasteiger charge is -2.53. The maximum absolute atomic E-state index is 10.9. The summed E-state index contributed by atoms with van der Waals surface area (Å²) in [5, 5.41) is 90.6. The molecule has 0 saturated carbocycles. The molecule has 0 aliphatic carbocycles. The molecule has 0 fully saturated rings. The smallest absolute Gasteiger partial charge is 0.144 e. The molecule has 26 heavy (non-hydrogen) atoms. The Morgan fingerprint density at radius 1 is 0.654 bits per heavy atom. The number of hydrogen-bond donors (Lipinski definition) is 13. The molecule has 0 aromatic heterocycles. The first-order chi connectivity index (χ1) is 11.9. The zero-order valence-corrected chi connectivity index (χ0v) is 14.2. The van der Waals surface area contributed by atoms with Crippen molar-refractivity contribution in [2.24, 2.45) is 22.9 Å². The van der Waals surface area contributed by atoms with Crippen LogP contribution in [-0.4, -0.2) is 126 Å². The molecule has 8 atom stereocenters. The fourth-order valence-corrected chi connectivity index (χ4v) is 2.68. The van der Waals surface area contributed by atoms with E-state index in [0.29, 0.717) is 0 Å². The Balaban J connectivity index is 6.32. The van der Waals surface area contributed by atoms with E-state index in [0.717, 1.165) is 0 Å². The minimum atomic E-state index is -3.23. The molecule has 0 aliphatic heterocycles. The van der Waals surface area contributed by atoms with Crippen LogP contribution in [0.1, 0.15) is 0 Å². The van der Waals surface area contributed by atoms with Crippen molar-refractivity contribution in [3.05, 3.63) is 0 Å². The largest absolute Gasteiger partial charge is 0.394 e. The summed E-state index contributed by atoms with van der Waals surface area (Å²) in [6.07, 6.45) is -14.9. The summed E-state index contributed by atoms with van der Waals surface area (Å²) in [6, 6.07) is 0. The van der Waals surface area contributed by atoms with Gasteiger partial charge in [-0.25, -0.2) is 0 Å². The van der Waals surface area contributed by atoms with Gasteiger partial charge in [-0.1, -0.05) is 0 Å². The fourth-order valence-electron chi connectivity index (χ4n) is 2.68. The van der Waals surface area contributed by atoms with Crippen molar-refractivity contribution in [1.29, 1.82) is 0 Å². The van der Waals surface area contributed by atoms with Crippen molar-refractivity contribution in [2.45, 2.75) is 53.9 Å². The van der Waals surface area contributed by atoms with E-state index in [1.165, 1.54) is 0 Å². The van der Waals surface area contributed by atoms with Crippen LogP contribution in [-0.2, 0) is 0 Å². The van der Waals surface area contributed by atoms with Crippen LogP contribution in [0.3, 0.4) is 0 Å². The van der Waals surface area contributed by atoms with Crippen molar-refractivity contribution in [3.8, 4) is 0 Å². The Bertz CT molecular complexity index is 405. The van der Waals surface area contributed by atoms with E-state index >= 15 is 0 Å². The third-order valence-corrected chi connectivity index (χ3v) is 4.61. The van der Waals surface area contributed by atoms with Crippen LogP contribution in [0.5, 0.6) is 0 Å². The highest BCUT2D eigenvalue weighted by Gasteiger charge is 2.64. The average molecular weight is 388 g/mol. The van der Waals surface area contributed by atoms with Crippen molar-refractivity contribution < 1.29 is 46.0 Å². The van der Waals surface area contributed by atoms with Gasteiger partial charge in [-0.3, -0.25) is 0 Å². The molecule has 0 spiro atoms. The Labute approximate surface area is 150 Å². The minimum absolute atomic E-state index is 0.542. The van der Waals surface area contributed by atoms with E-state index in [-0.39, 0.29) is 0 Å². The number of rotatable bonds is 12. The molecule has 13 heteroatoms. The molecule has 0 aromatic carbocycles. The summed E-state index contributed by atoms with van der Waals surface area (Å²) >= 11 is 0. The number of nitrogens with two attached hydrogens (primary N) is 4. The Kier molecular flexibility index (Phi) is 9.94. The molecule has 0 rings (SSSR count). The van der Waals surface area contributed by atoms with Crippen LogP contribution in [0.15, 0.2) is 0 Å². The van der Waals surface area contributed by atoms with Crippen LogP contribution in [0.2, 0.25) is 0 Å². The van der Waals surface area contributed by atoms with Crippen LogP contribution in [0.25, 0.3) is 0 Å². The van der Waals surface area contributed by atoms with Gasteiger partial charge in [0.1, 0.15) is 35.6 Å². The molecule has 0 saturated heterocycles. The second-order valence-electron chi connectivity index (χ2n) is 6.26. The van der Waals surface area contributed by atoms with Crippen molar-refractivity contribution in [1.82, 2.24) is 0 Å². The fraction of sp³-hybridized carbons (Fsp3) is 1.00. The maximum atomic E-state index is 10.9. The van der Waals surface area contributed by atoms with E-state index in [1.807, 2.05) is 0 Å². The summed E-state index contributed by atoms with van der Waals surface area (Å²) in [7, 11) is 0. The van der Waals surface area contributed by atoms with Gasteiger partial charge in [-0.05, 0) is 0 Å². The van der Waals surface area contributed by atoms with Gasteiger partial charge in [0, 0.05) is 19.6 Å². The first-order valence-electron chi connectivity index (χ1n) is 7.89. The second-order valence-corrected chi connectivity index (χ2v) is 6.26. The molecule has 17 N–H and O–H groups in total. The predicted octanol–water partition coefficient (Wildman–Crippen LogP) is -8.19. The van der Waals surface area contributed by atoms with E-state index in [1.54, 1.807) is 0 Å². The highest BCUT2D eigenvalue weighted by atomic mass is 16.4. The molecule has 0 bridgehead atoms. The van der Waals surface area contributed by atoms with Crippen LogP contribution < -0.4 is 22.9 Å². The summed E-state index contributed by atoms with van der Waals surface area (Å²) < 4.78 is 0. The van der Waals surface area contributed by atoms with Gasteiger partial charge in [0.2, 0.25) is 0 Å². The van der Waals surface area contributed by atoms with Crippen LogP contribution in [0.4, 0.5) is 0 Å². The first kappa shape index (κ1) is 25.5. The van der Waals surface area contributed by atoms with Gasteiger partial charge >= 0.3 is 0 Å². The molecule has 0 amide bonds. The van der Waals surface area contributed by atoms with E-state index in [2.05, 4.69) is 0 Å². The normalized spacial score (nSPS) is 25.3. The topological polar surface area (TPSA) is 286 Å². The molecule has 8 unspecified atom stereocenters. The van der Waals surface area contributed by atoms with Crippen LogP contribution >= 0.6 is 0 Å². The molecule has 0 aromatic rings. The lowest BCUT2D eigenvalue weighted by atomic mass is 9.66. The zero-order chi connectivity index (χ0) is 20.9. The highest BCUT2D eigenvalue weighted by Crippen LogP contribution is 2.35. The number of aliphatic hydroxyl groups excluding tert-OH is 8. The van der Waals surface area contributed by atoms with Gasteiger partial charge < -0.3 is 68.9 Å². The van der Waals surface area contributed by atoms with Gasteiger partial charge in [-0.15, -0.1) is 0 Å². The number of hydrogen-bond acceptors (Lipinski definition) is 13. The van der Waals surface area contributed by atoms with E-state index in [4.69, 9.17) is 22.9 Å². The Morgan fingerprint density at radius 2 is 1.00 bits per heavy atom. The van der Waals surface area contributed by atoms with E-state index in [9.17, 15) is 46.0 Å². The standard InChI is InChI=1S/C13H32N4O9/c14-1-5(19)8(22)11(25)12(17,4-18)13(26,9(23)6(20)2-15)10(24)7(21)3-16/h5-11,18-26H,1-4,14-17H2. The van der Waals surface area contributed by atoms with Crippen molar-refractivity contribution in [2.75, 3.05) is 26.2 Å². The minimum Gasteiger partial charge on any atom is -0.394 e. The molecule has 158 valence electrons. The van der Waals surface area contributed by atoms with Gasteiger partial charge in [0.25, 0.3) is 0 Å². The van der Waals surface area contributed by atoms with Crippen molar-refractivity contribution in [3.63, 3.8) is 0 Å². The molecule has 0 aliphatic rings. The SMILES string of the molecule is NCC(O)C(O)C(O)C(N)(CO)C(O)(C(O)C(O)CN)C(O)C(O)CN. The Morgan fingerprint density at radius 3 is 1.27 bits per heavy atom. The molecule has 13 nitrogen and oxygen atoms in total. The van der Waals surface area contributed by atoms with Crippen LogP contribution in [0, 0.1) is 0 Å². The highest BCUT2D eigenvalue weighted by molar-refractivity contribution is 5.18. The third kappa shape index (κ3) is 4.48. The number of aliphatic hydroxyl groups is 9. The summed E-state index contributed by atoms with van der Waals surface area (Å²) in [5.41, 5.74) is 15.3. The van der Waals surface area contributed by atoms with Crippen molar-refractivity contribution >= 4 is 0 Å².